The molecule has 0 saturated carbocycles. The molecule has 0 atom stereocenters. The lowest BCUT2D eigenvalue weighted by molar-refractivity contribution is 0.0697. The van der Waals surface area contributed by atoms with Gasteiger partial charge in [0, 0.05) is 11.4 Å². The van der Waals surface area contributed by atoms with Gasteiger partial charge in [0.1, 0.15) is 0 Å². The van der Waals surface area contributed by atoms with Crippen LogP contribution < -0.4 is 4.90 Å². The molecule has 0 unspecified atom stereocenters. The minimum absolute atomic E-state index is 0.164. The fraction of sp³-hybridized carbons (Fsp3) is 0.114. The Morgan fingerprint density at radius 3 is 1.39 bits per heavy atom. The Morgan fingerprint density at radius 1 is 0.579 bits per heavy atom. The molecular formula is C35H31NO2. The molecule has 0 fully saturated rings. The molecule has 0 heterocycles. The number of benzene rings is 5. The first-order valence-corrected chi connectivity index (χ1v) is 12.8. The number of nitrogens with zero attached hydrogens (tertiary/aromatic N) is 1. The van der Waals surface area contributed by atoms with Crippen molar-refractivity contribution in [2.24, 2.45) is 0 Å². The van der Waals surface area contributed by atoms with Gasteiger partial charge < -0.3 is 10.0 Å². The van der Waals surface area contributed by atoms with E-state index in [9.17, 15) is 9.90 Å². The number of anilines is 3. The molecule has 0 bridgehead atoms. The summed E-state index contributed by atoms with van der Waals surface area (Å²) in [6.07, 6.45) is 0. The average molecular weight is 498 g/mol. The fourth-order valence-corrected chi connectivity index (χ4v) is 4.66. The summed E-state index contributed by atoms with van der Waals surface area (Å²) >= 11 is 0. The predicted molar refractivity (Wildman–Crippen MR) is 158 cm³/mol. The SMILES string of the molecule is CC(C)(C)c1ccc(N(c2ccc(-c3ccccc3)cc2)c2ccc(-c3ccccc3)cc2)c(C(=O)O)c1. The van der Waals surface area contributed by atoms with Gasteiger partial charge in [-0.3, -0.25) is 0 Å². The highest BCUT2D eigenvalue weighted by Gasteiger charge is 2.23. The van der Waals surface area contributed by atoms with Crippen molar-refractivity contribution in [3.8, 4) is 22.3 Å². The maximum atomic E-state index is 12.5. The number of carbonyl (C=O) groups is 1. The zero-order valence-electron chi connectivity index (χ0n) is 21.9. The van der Waals surface area contributed by atoms with Crippen LogP contribution in [-0.2, 0) is 5.41 Å². The highest BCUT2D eigenvalue weighted by Crippen LogP contribution is 2.40. The van der Waals surface area contributed by atoms with E-state index in [2.05, 4.69) is 93.6 Å². The molecule has 0 saturated heterocycles. The van der Waals surface area contributed by atoms with Gasteiger partial charge in [0.05, 0.1) is 11.3 Å². The quantitative estimate of drug-likeness (QED) is 0.254. The van der Waals surface area contributed by atoms with E-state index in [0.29, 0.717) is 5.69 Å². The zero-order valence-corrected chi connectivity index (χ0v) is 21.9. The molecule has 0 radical (unpaired) electrons. The van der Waals surface area contributed by atoms with E-state index in [0.717, 1.165) is 39.2 Å². The summed E-state index contributed by atoms with van der Waals surface area (Å²) in [5.74, 6) is -0.946. The Kier molecular flexibility index (Phi) is 6.85. The number of carboxylic acid groups (broad SMARTS) is 1. The summed E-state index contributed by atoms with van der Waals surface area (Å²) in [6.45, 7) is 6.28. The largest absolute Gasteiger partial charge is 0.478 e. The van der Waals surface area contributed by atoms with E-state index in [1.807, 2.05) is 53.4 Å². The van der Waals surface area contributed by atoms with Gasteiger partial charge >= 0.3 is 5.97 Å². The van der Waals surface area contributed by atoms with Crippen molar-refractivity contribution in [2.75, 3.05) is 4.90 Å². The summed E-state index contributed by atoms with van der Waals surface area (Å²) < 4.78 is 0. The van der Waals surface area contributed by atoms with Crippen LogP contribution in [0.5, 0.6) is 0 Å². The first-order chi connectivity index (χ1) is 18.3. The van der Waals surface area contributed by atoms with Gasteiger partial charge in [0.2, 0.25) is 0 Å². The molecule has 3 heteroatoms. The topological polar surface area (TPSA) is 40.5 Å². The van der Waals surface area contributed by atoms with Gasteiger partial charge in [-0.1, -0.05) is 112 Å². The molecule has 0 spiro atoms. The van der Waals surface area contributed by atoms with Crippen LogP contribution in [0, 0.1) is 0 Å². The average Bonchev–Trinajstić information content (AvgIpc) is 2.94. The van der Waals surface area contributed by atoms with Gasteiger partial charge in [-0.05, 0) is 69.6 Å². The van der Waals surface area contributed by atoms with Gasteiger partial charge in [-0.15, -0.1) is 0 Å². The fourth-order valence-electron chi connectivity index (χ4n) is 4.66. The van der Waals surface area contributed by atoms with E-state index in [1.54, 1.807) is 6.07 Å². The van der Waals surface area contributed by atoms with Crippen LogP contribution in [0.1, 0.15) is 36.7 Å². The normalized spacial score (nSPS) is 11.2. The molecule has 38 heavy (non-hydrogen) atoms. The van der Waals surface area contributed by atoms with Gasteiger partial charge in [0.15, 0.2) is 0 Å². The molecule has 0 aromatic heterocycles. The Morgan fingerprint density at radius 2 is 1.00 bits per heavy atom. The lowest BCUT2D eigenvalue weighted by Gasteiger charge is -2.29. The van der Waals surface area contributed by atoms with Gasteiger partial charge in [-0.25, -0.2) is 4.79 Å². The van der Waals surface area contributed by atoms with Crippen LogP contribution in [0.4, 0.5) is 17.1 Å². The summed E-state index contributed by atoms with van der Waals surface area (Å²) in [5.41, 5.74) is 8.00. The van der Waals surface area contributed by atoms with Crippen molar-refractivity contribution in [1.82, 2.24) is 0 Å². The maximum Gasteiger partial charge on any atom is 0.337 e. The Balaban J connectivity index is 1.63. The molecule has 5 aromatic rings. The van der Waals surface area contributed by atoms with Gasteiger partial charge in [0.25, 0.3) is 0 Å². The molecule has 0 aliphatic rings. The Hall–Kier alpha value is -4.63. The van der Waals surface area contributed by atoms with Crippen molar-refractivity contribution in [3.63, 3.8) is 0 Å². The number of carboxylic acids is 1. The van der Waals surface area contributed by atoms with Crippen LogP contribution in [0.25, 0.3) is 22.3 Å². The second-order valence-electron chi connectivity index (χ2n) is 10.4. The zero-order chi connectivity index (χ0) is 26.7. The van der Waals surface area contributed by atoms with Gasteiger partial charge in [-0.2, -0.15) is 0 Å². The molecule has 0 aliphatic carbocycles. The first kappa shape index (κ1) is 25.0. The van der Waals surface area contributed by atoms with Crippen LogP contribution in [0.2, 0.25) is 0 Å². The third-order valence-corrected chi connectivity index (χ3v) is 6.80. The van der Waals surface area contributed by atoms with Crippen LogP contribution in [0.15, 0.2) is 127 Å². The summed E-state index contributed by atoms with van der Waals surface area (Å²) in [7, 11) is 0. The third kappa shape index (κ3) is 5.23. The molecule has 3 nitrogen and oxygen atoms in total. The number of hydrogen-bond acceptors (Lipinski definition) is 2. The number of aromatic carboxylic acids is 1. The van der Waals surface area contributed by atoms with Crippen molar-refractivity contribution in [3.05, 3.63) is 139 Å². The summed E-state index contributed by atoms with van der Waals surface area (Å²) in [4.78, 5) is 14.5. The smallest absolute Gasteiger partial charge is 0.337 e. The summed E-state index contributed by atoms with van der Waals surface area (Å²) in [6, 6.07) is 42.8. The minimum atomic E-state index is -0.946. The van der Waals surface area contributed by atoms with E-state index in [1.165, 1.54) is 0 Å². The Labute approximate surface area is 224 Å². The van der Waals surface area contributed by atoms with Crippen molar-refractivity contribution < 1.29 is 9.90 Å². The second-order valence-corrected chi connectivity index (χ2v) is 10.4. The van der Waals surface area contributed by atoms with Crippen LogP contribution in [0.3, 0.4) is 0 Å². The van der Waals surface area contributed by atoms with Crippen LogP contribution >= 0.6 is 0 Å². The highest BCUT2D eigenvalue weighted by molar-refractivity contribution is 5.98. The molecule has 5 rings (SSSR count). The molecule has 0 amide bonds. The molecular weight excluding hydrogens is 466 g/mol. The lowest BCUT2D eigenvalue weighted by Crippen LogP contribution is -2.17. The molecule has 0 aliphatic heterocycles. The monoisotopic (exact) mass is 497 g/mol. The third-order valence-electron chi connectivity index (χ3n) is 6.80. The van der Waals surface area contributed by atoms with Crippen molar-refractivity contribution in [2.45, 2.75) is 26.2 Å². The number of hydrogen-bond donors (Lipinski definition) is 1. The minimum Gasteiger partial charge on any atom is -0.478 e. The molecule has 188 valence electrons. The highest BCUT2D eigenvalue weighted by atomic mass is 16.4. The van der Waals surface area contributed by atoms with Crippen molar-refractivity contribution in [1.29, 1.82) is 0 Å². The van der Waals surface area contributed by atoms with Crippen molar-refractivity contribution >= 4 is 23.0 Å². The standard InChI is InChI=1S/C35H31NO2/c1-35(2,3)29-18-23-33(32(24-29)34(37)38)36(30-19-14-27(15-20-30)25-10-6-4-7-11-25)31-21-16-28(17-22-31)26-12-8-5-9-13-26/h4-24H,1-3H3,(H,37,38). The number of rotatable bonds is 6. The lowest BCUT2D eigenvalue weighted by atomic mass is 9.85. The maximum absolute atomic E-state index is 12.5. The van der Waals surface area contributed by atoms with E-state index < -0.39 is 5.97 Å². The van der Waals surface area contributed by atoms with E-state index in [4.69, 9.17) is 0 Å². The molecule has 1 N–H and O–H groups in total. The first-order valence-electron chi connectivity index (χ1n) is 12.8. The summed E-state index contributed by atoms with van der Waals surface area (Å²) in [5, 5.41) is 10.3. The Bertz CT molecular complexity index is 1450. The second kappa shape index (κ2) is 10.4. The van der Waals surface area contributed by atoms with Crippen LogP contribution in [-0.4, -0.2) is 11.1 Å². The van der Waals surface area contributed by atoms with E-state index in [-0.39, 0.29) is 11.0 Å². The molecule has 5 aromatic carbocycles. The predicted octanol–water partition coefficient (Wildman–Crippen LogP) is 9.49. The van der Waals surface area contributed by atoms with E-state index >= 15 is 0 Å².